The van der Waals surface area contributed by atoms with E-state index in [0.29, 0.717) is 12.6 Å². The molecule has 3 N–H and O–H groups in total. The van der Waals surface area contributed by atoms with Gasteiger partial charge >= 0.3 is 0 Å². The predicted octanol–water partition coefficient (Wildman–Crippen LogP) is 2.76. The van der Waals surface area contributed by atoms with Gasteiger partial charge in [0.1, 0.15) is 5.75 Å². The monoisotopic (exact) mass is 432 g/mol. The number of hydrogen-bond acceptors (Lipinski definition) is 3. The number of fused-ring (bicyclic) bond motifs is 1. The molecule has 1 heterocycles. The Labute approximate surface area is 156 Å². The number of likely N-dealkylation sites (N-methyl/N-ethyl adjacent to an activating group) is 1. The number of nitrogens with zero attached hydrogens (tertiary/aromatic N) is 2. The third-order valence-electron chi connectivity index (χ3n) is 3.94. The first-order valence-electron chi connectivity index (χ1n) is 8.17. The van der Waals surface area contributed by atoms with Gasteiger partial charge in [0.2, 0.25) is 0 Å². The Balaban J connectivity index is 0.00000264. The maximum atomic E-state index is 6.03. The highest BCUT2D eigenvalue weighted by atomic mass is 127. The van der Waals surface area contributed by atoms with Crippen molar-refractivity contribution in [3.05, 3.63) is 29.8 Å². The van der Waals surface area contributed by atoms with Crippen LogP contribution in [0.3, 0.4) is 0 Å². The summed E-state index contributed by atoms with van der Waals surface area (Å²) >= 11 is 0. The third-order valence-corrected chi connectivity index (χ3v) is 3.94. The molecule has 130 valence electrons. The van der Waals surface area contributed by atoms with E-state index < -0.39 is 0 Å². The second-order valence-corrected chi connectivity index (χ2v) is 5.80. The van der Waals surface area contributed by atoms with Crippen molar-refractivity contribution in [3.8, 4) is 5.75 Å². The lowest BCUT2D eigenvalue weighted by atomic mass is 10.0. The van der Waals surface area contributed by atoms with Crippen molar-refractivity contribution in [3.63, 3.8) is 0 Å². The van der Waals surface area contributed by atoms with Crippen LogP contribution in [0.5, 0.6) is 5.75 Å². The zero-order valence-electron chi connectivity index (χ0n) is 14.1. The Morgan fingerprint density at radius 2 is 2.17 bits per heavy atom. The summed E-state index contributed by atoms with van der Waals surface area (Å²) in [4.78, 5) is 6.74. The zero-order valence-corrected chi connectivity index (χ0v) is 16.5. The average molecular weight is 432 g/mol. The maximum Gasteiger partial charge on any atom is 0.189 e. The molecule has 0 bridgehead atoms. The normalized spacial score (nSPS) is 17.2. The topological polar surface area (TPSA) is 62.9 Å². The molecular formula is C17H29IN4O. The number of para-hydroxylation sites is 1. The number of ether oxygens (including phenoxy) is 1. The number of aliphatic imine (C=N–C) groups is 1. The van der Waals surface area contributed by atoms with E-state index in [1.54, 1.807) is 0 Å². The molecule has 1 aliphatic rings. The number of halogens is 1. The lowest BCUT2D eigenvalue weighted by molar-refractivity contribution is 0.262. The summed E-state index contributed by atoms with van der Waals surface area (Å²) in [5, 5.41) is 3.32. The fraction of sp³-hybridized carbons (Fsp3) is 0.588. The summed E-state index contributed by atoms with van der Waals surface area (Å²) in [7, 11) is 2.13. The Kier molecular flexibility index (Phi) is 9.31. The van der Waals surface area contributed by atoms with E-state index in [9.17, 15) is 0 Å². The highest BCUT2D eigenvalue weighted by molar-refractivity contribution is 14.0. The minimum absolute atomic E-state index is 0. The summed E-state index contributed by atoms with van der Waals surface area (Å²) in [5.41, 5.74) is 7.19. The van der Waals surface area contributed by atoms with Crippen LogP contribution in [0.4, 0.5) is 0 Å². The van der Waals surface area contributed by atoms with Crippen molar-refractivity contribution in [2.24, 2.45) is 10.7 Å². The van der Waals surface area contributed by atoms with E-state index in [0.717, 1.165) is 37.4 Å². The molecule has 0 aromatic heterocycles. The number of unbranched alkanes of at least 4 members (excludes halogenated alkanes) is 1. The lowest BCUT2D eigenvalue weighted by Crippen LogP contribution is -2.38. The lowest BCUT2D eigenvalue weighted by Gasteiger charge is -2.27. The van der Waals surface area contributed by atoms with Crippen LogP contribution in [0.25, 0.3) is 0 Å². The molecule has 1 unspecified atom stereocenters. The number of nitrogens with one attached hydrogen (secondary N) is 1. The summed E-state index contributed by atoms with van der Waals surface area (Å²) in [5.74, 6) is 1.46. The van der Waals surface area contributed by atoms with Crippen LogP contribution in [-0.4, -0.2) is 44.1 Å². The van der Waals surface area contributed by atoms with Crippen molar-refractivity contribution in [1.82, 2.24) is 10.2 Å². The Morgan fingerprint density at radius 3 is 2.96 bits per heavy atom. The standard InChI is InChI=1S/C17H28N4O.HI/c1-3-4-11-21(2)12-10-19-17(18)20-15-9-13-22-16-8-6-5-7-14(15)16;/h5-8,15H,3-4,9-13H2,1-2H3,(H3,18,19,20);1H. The Bertz CT molecular complexity index is 495. The van der Waals surface area contributed by atoms with Crippen molar-refractivity contribution >= 4 is 29.9 Å². The van der Waals surface area contributed by atoms with Gasteiger partial charge in [0.05, 0.1) is 19.2 Å². The maximum absolute atomic E-state index is 6.03. The van der Waals surface area contributed by atoms with Crippen molar-refractivity contribution in [2.45, 2.75) is 32.2 Å². The minimum atomic E-state index is 0. The number of nitrogens with two attached hydrogens (primary N) is 1. The predicted molar refractivity (Wildman–Crippen MR) is 107 cm³/mol. The van der Waals surface area contributed by atoms with Gasteiger partial charge in [0.25, 0.3) is 0 Å². The molecule has 0 aliphatic carbocycles. The van der Waals surface area contributed by atoms with E-state index in [-0.39, 0.29) is 30.0 Å². The van der Waals surface area contributed by atoms with Gasteiger partial charge in [-0.25, -0.2) is 0 Å². The zero-order chi connectivity index (χ0) is 15.8. The van der Waals surface area contributed by atoms with Gasteiger partial charge in [0.15, 0.2) is 5.96 Å². The van der Waals surface area contributed by atoms with Gasteiger partial charge in [-0.2, -0.15) is 0 Å². The summed E-state index contributed by atoms with van der Waals surface area (Å²) in [6.07, 6.45) is 3.36. The van der Waals surface area contributed by atoms with Gasteiger partial charge in [-0.15, -0.1) is 24.0 Å². The van der Waals surface area contributed by atoms with Gasteiger partial charge < -0.3 is 20.7 Å². The van der Waals surface area contributed by atoms with Gasteiger partial charge in [-0.1, -0.05) is 31.5 Å². The minimum Gasteiger partial charge on any atom is -0.493 e. The number of benzene rings is 1. The molecule has 0 radical (unpaired) electrons. The molecule has 1 aliphatic heterocycles. The van der Waals surface area contributed by atoms with E-state index in [1.165, 1.54) is 12.8 Å². The van der Waals surface area contributed by atoms with Gasteiger partial charge in [0, 0.05) is 18.5 Å². The molecule has 1 atom stereocenters. The van der Waals surface area contributed by atoms with Crippen LogP contribution >= 0.6 is 24.0 Å². The summed E-state index contributed by atoms with van der Waals surface area (Å²) in [6.45, 7) is 5.70. The van der Waals surface area contributed by atoms with Crippen molar-refractivity contribution < 1.29 is 4.74 Å². The SMILES string of the molecule is CCCCN(C)CCN=C(N)NC1CCOc2ccccc21.I. The molecule has 0 fully saturated rings. The molecule has 6 heteroatoms. The second kappa shape index (κ2) is 10.7. The fourth-order valence-electron chi connectivity index (χ4n) is 2.60. The molecule has 5 nitrogen and oxygen atoms in total. The number of hydrogen-bond donors (Lipinski definition) is 2. The van der Waals surface area contributed by atoms with Crippen LogP contribution in [0.15, 0.2) is 29.3 Å². The van der Waals surface area contributed by atoms with Crippen LogP contribution in [-0.2, 0) is 0 Å². The van der Waals surface area contributed by atoms with Crippen LogP contribution < -0.4 is 15.8 Å². The van der Waals surface area contributed by atoms with E-state index in [4.69, 9.17) is 10.5 Å². The molecule has 23 heavy (non-hydrogen) atoms. The molecule has 2 rings (SSSR count). The Morgan fingerprint density at radius 1 is 1.39 bits per heavy atom. The largest absolute Gasteiger partial charge is 0.493 e. The van der Waals surface area contributed by atoms with E-state index >= 15 is 0 Å². The molecule has 0 spiro atoms. The number of guanidine groups is 1. The number of rotatable bonds is 7. The third kappa shape index (κ3) is 6.55. The van der Waals surface area contributed by atoms with Crippen LogP contribution in [0, 0.1) is 0 Å². The van der Waals surface area contributed by atoms with Crippen molar-refractivity contribution in [2.75, 3.05) is 33.3 Å². The van der Waals surface area contributed by atoms with E-state index in [2.05, 4.69) is 35.2 Å². The first-order valence-corrected chi connectivity index (χ1v) is 8.17. The fourth-order valence-corrected chi connectivity index (χ4v) is 2.60. The molecule has 1 aromatic rings. The molecular weight excluding hydrogens is 403 g/mol. The second-order valence-electron chi connectivity index (χ2n) is 5.80. The molecule has 0 saturated heterocycles. The summed E-state index contributed by atoms with van der Waals surface area (Å²) < 4.78 is 5.66. The highest BCUT2D eigenvalue weighted by Crippen LogP contribution is 2.31. The quantitative estimate of drug-likeness (QED) is 0.395. The first-order chi connectivity index (χ1) is 10.7. The smallest absolute Gasteiger partial charge is 0.189 e. The van der Waals surface area contributed by atoms with Gasteiger partial charge in [-0.3, -0.25) is 4.99 Å². The molecule has 1 aromatic carbocycles. The Hall–Kier alpha value is -1.02. The van der Waals surface area contributed by atoms with Gasteiger partial charge in [-0.05, 0) is 26.1 Å². The molecule has 0 amide bonds. The van der Waals surface area contributed by atoms with Crippen molar-refractivity contribution in [1.29, 1.82) is 0 Å². The summed E-state index contributed by atoms with van der Waals surface area (Å²) in [6, 6.07) is 8.28. The van der Waals surface area contributed by atoms with E-state index in [1.807, 2.05) is 18.2 Å². The van der Waals surface area contributed by atoms with Crippen LogP contribution in [0.1, 0.15) is 37.8 Å². The van der Waals surface area contributed by atoms with Crippen LogP contribution in [0.2, 0.25) is 0 Å². The first kappa shape index (κ1) is 20.0. The highest BCUT2D eigenvalue weighted by Gasteiger charge is 2.21. The molecule has 0 saturated carbocycles. The average Bonchev–Trinajstić information content (AvgIpc) is 2.53.